The second-order valence-corrected chi connectivity index (χ2v) is 5.97. The van der Waals surface area contributed by atoms with Gasteiger partial charge in [-0.1, -0.05) is 31.4 Å². The van der Waals surface area contributed by atoms with Crippen LogP contribution in [0.4, 0.5) is 5.69 Å². The topological polar surface area (TPSA) is 59.1 Å². The number of carbonyl (C=O) groups is 2. The number of benzene rings is 1. The van der Waals surface area contributed by atoms with Crippen LogP contribution in [0.25, 0.3) is 0 Å². The lowest BCUT2D eigenvalue weighted by molar-refractivity contribution is 0.0888. The summed E-state index contributed by atoms with van der Waals surface area (Å²) < 4.78 is 0. The molecule has 2 aromatic rings. The Morgan fingerprint density at radius 1 is 0.870 bits per heavy atom. The first-order valence-electron chi connectivity index (χ1n) is 8.10. The molecule has 4 heteroatoms. The zero-order valence-electron chi connectivity index (χ0n) is 13.0. The predicted molar refractivity (Wildman–Crippen MR) is 89.5 cm³/mol. The van der Waals surface area contributed by atoms with Gasteiger partial charge in [-0.25, -0.2) is 0 Å². The summed E-state index contributed by atoms with van der Waals surface area (Å²) in [4.78, 5) is 28.6. The number of anilines is 1. The first-order chi connectivity index (χ1) is 11.2. The van der Waals surface area contributed by atoms with Crippen molar-refractivity contribution >= 4 is 17.4 Å². The maximum absolute atomic E-state index is 12.5. The van der Waals surface area contributed by atoms with E-state index in [0.717, 1.165) is 25.7 Å². The van der Waals surface area contributed by atoms with Gasteiger partial charge in [0.2, 0.25) is 0 Å². The summed E-state index contributed by atoms with van der Waals surface area (Å²) in [6.07, 6.45) is 8.75. The molecule has 1 saturated carbocycles. The van der Waals surface area contributed by atoms with Gasteiger partial charge in [-0.15, -0.1) is 0 Å². The van der Waals surface area contributed by atoms with Crippen molar-refractivity contribution in [3.05, 3.63) is 59.9 Å². The monoisotopic (exact) mass is 308 g/mol. The molecule has 23 heavy (non-hydrogen) atoms. The zero-order chi connectivity index (χ0) is 16.1. The van der Waals surface area contributed by atoms with Crippen molar-refractivity contribution in [2.24, 2.45) is 5.92 Å². The lowest BCUT2D eigenvalue weighted by Crippen LogP contribution is -2.18. The van der Waals surface area contributed by atoms with Crippen molar-refractivity contribution in [1.82, 2.24) is 4.98 Å². The minimum Gasteiger partial charge on any atom is -0.322 e. The van der Waals surface area contributed by atoms with Gasteiger partial charge in [0.25, 0.3) is 5.91 Å². The third-order valence-electron chi connectivity index (χ3n) is 4.35. The quantitative estimate of drug-likeness (QED) is 0.865. The molecule has 0 unspecified atom stereocenters. The lowest BCUT2D eigenvalue weighted by atomic mass is 9.84. The molecule has 1 aromatic carbocycles. The standard InChI is InChI=1S/C19H20N2O2/c22-18(14-4-2-1-3-5-14)15-6-8-16(9-7-15)19(23)21-17-10-12-20-13-11-17/h6-14H,1-5H2,(H,20,21,23). The van der Waals surface area contributed by atoms with Gasteiger partial charge in [-0.3, -0.25) is 14.6 Å². The molecule has 0 bridgehead atoms. The molecule has 1 aliphatic carbocycles. The van der Waals surface area contributed by atoms with Crippen molar-refractivity contribution in [1.29, 1.82) is 0 Å². The smallest absolute Gasteiger partial charge is 0.255 e. The van der Waals surface area contributed by atoms with Crippen molar-refractivity contribution in [3.8, 4) is 0 Å². The van der Waals surface area contributed by atoms with E-state index >= 15 is 0 Å². The van der Waals surface area contributed by atoms with Crippen LogP contribution in [0.15, 0.2) is 48.8 Å². The van der Waals surface area contributed by atoms with Crippen molar-refractivity contribution < 1.29 is 9.59 Å². The molecular formula is C19H20N2O2. The van der Waals surface area contributed by atoms with E-state index < -0.39 is 0 Å². The van der Waals surface area contributed by atoms with Crippen LogP contribution >= 0.6 is 0 Å². The number of hydrogen-bond acceptors (Lipinski definition) is 3. The van der Waals surface area contributed by atoms with Gasteiger partial charge in [0.05, 0.1) is 0 Å². The molecule has 1 aliphatic rings. The molecule has 1 fully saturated rings. The number of amides is 1. The van der Waals surface area contributed by atoms with Crippen LogP contribution in [-0.2, 0) is 0 Å². The number of aromatic nitrogens is 1. The van der Waals surface area contributed by atoms with Gasteiger partial charge in [0.1, 0.15) is 0 Å². The normalized spacial score (nSPS) is 15.1. The van der Waals surface area contributed by atoms with Crippen LogP contribution in [0.2, 0.25) is 0 Å². The molecular weight excluding hydrogens is 288 g/mol. The summed E-state index contributed by atoms with van der Waals surface area (Å²) >= 11 is 0. The summed E-state index contributed by atoms with van der Waals surface area (Å²) in [6, 6.07) is 10.4. The maximum atomic E-state index is 12.5. The number of hydrogen-bond donors (Lipinski definition) is 1. The second kappa shape index (κ2) is 7.18. The first kappa shape index (κ1) is 15.4. The zero-order valence-corrected chi connectivity index (χ0v) is 13.0. The molecule has 118 valence electrons. The third-order valence-corrected chi connectivity index (χ3v) is 4.35. The highest BCUT2D eigenvalue weighted by molar-refractivity contribution is 6.05. The lowest BCUT2D eigenvalue weighted by Gasteiger charge is -2.20. The molecule has 4 nitrogen and oxygen atoms in total. The van der Waals surface area contributed by atoms with Crippen LogP contribution in [-0.4, -0.2) is 16.7 Å². The summed E-state index contributed by atoms with van der Waals surface area (Å²) in [6.45, 7) is 0. The Hall–Kier alpha value is -2.49. The van der Waals surface area contributed by atoms with Crippen LogP contribution in [0.1, 0.15) is 52.8 Å². The summed E-state index contributed by atoms with van der Waals surface area (Å²) in [5.41, 5.74) is 1.95. The Balaban J connectivity index is 1.66. The van der Waals surface area contributed by atoms with Crippen molar-refractivity contribution in [2.45, 2.75) is 32.1 Å². The van der Waals surface area contributed by atoms with E-state index in [0.29, 0.717) is 16.8 Å². The Morgan fingerprint density at radius 2 is 1.48 bits per heavy atom. The average Bonchev–Trinajstić information content (AvgIpc) is 2.63. The third kappa shape index (κ3) is 3.83. The number of pyridine rings is 1. The van der Waals surface area contributed by atoms with E-state index in [1.165, 1.54) is 6.42 Å². The first-order valence-corrected chi connectivity index (χ1v) is 8.10. The SMILES string of the molecule is O=C(Nc1ccncc1)c1ccc(C(=O)C2CCCCC2)cc1. The van der Waals surface area contributed by atoms with E-state index in [1.807, 2.05) is 0 Å². The highest BCUT2D eigenvalue weighted by atomic mass is 16.1. The molecule has 1 aromatic heterocycles. The van der Waals surface area contributed by atoms with E-state index in [9.17, 15) is 9.59 Å². The molecule has 1 N–H and O–H groups in total. The van der Waals surface area contributed by atoms with Crippen molar-refractivity contribution in [3.63, 3.8) is 0 Å². The van der Waals surface area contributed by atoms with Gasteiger partial charge in [0, 0.05) is 35.1 Å². The number of nitrogens with zero attached hydrogens (tertiary/aromatic N) is 1. The summed E-state index contributed by atoms with van der Waals surface area (Å²) in [5.74, 6) is 0.180. The van der Waals surface area contributed by atoms with Gasteiger partial charge in [0.15, 0.2) is 5.78 Å². The molecule has 0 spiro atoms. The summed E-state index contributed by atoms with van der Waals surface area (Å²) in [5, 5.41) is 2.81. The molecule has 0 radical (unpaired) electrons. The Morgan fingerprint density at radius 3 is 2.13 bits per heavy atom. The molecule has 3 rings (SSSR count). The number of nitrogens with one attached hydrogen (secondary N) is 1. The van der Waals surface area contributed by atoms with Gasteiger partial charge >= 0.3 is 0 Å². The fraction of sp³-hybridized carbons (Fsp3) is 0.316. The molecule has 0 saturated heterocycles. The number of Topliss-reactive ketones (excluding diaryl/α,β-unsaturated/α-hetero) is 1. The summed E-state index contributed by atoms with van der Waals surface area (Å²) in [7, 11) is 0. The van der Waals surface area contributed by atoms with Crippen LogP contribution in [0, 0.1) is 5.92 Å². The van der Waals surface area contributed by atoms with E-state index in [1.54, 1.807) is 48.8 Å². The van der Waals surface area contributed by atoms with E-state index in [4.69, 9.17) is 0 Å². The van der Waals surface area contributed by atoms with Crippen LogP contribution in [0.3, 0.4) is 0 Å². The Kier molecular flexibility index (Phi) is 4.81. The minimum absolute atomic E-state index is 0.153. The fourth-order valence-electron chi connectivity index (χ4n) is 3.02. The second-order valence-electron chi connectivity index (χ2n) is 5.97. The van der Waals surface area contributed by atoms with E-state index in [-0.39, 0.29) is 17.6 Å². The average molecular weight is 308 g/mol. The Labute approximate surface area is 135 Å². The van der Waals surface area contributed by atoms with E-state index in [2.05, 4.69) is 10.3 Å². The predicted octanol–water partition coefficient (Wildman–Crippen LogP) is 4.10. The maximum Gasteiger partial charge on any atom is 0.255 e. The van der Waals surface area contributed by atoms with Crippen molar-refractivity contribution in [2.75, 3.05) is 5.32 Å². The molecule has 1 amide bonds. The molecule has 0 aliphatic heterocycles. The van der Waals surface area contributed by atoms with Crippen LogP contribution < -0.4 is 5.32 Å². The highest BCUT2D eigenvalue weighted by Crippen LogP contribution is 2.27. The number of ketones is 1. The number of rotatable bonds is 4. The highest BCUT2D eigenvalue weighted by Gasteiger charge is 2.22. The molecule has 0 atom stereocenters. The van der Waals surface area contributed by atoms with Crippen LogP contribution in [0.5, 0.6) is 0 Å². The van der Waals surface area contributed by atoms with Gasteiger partial charge < -0.3 is 5.32 Å². The Bertz CT molecular complexity index is 674. The largest absolute Gasteiger partial charge is 0.322 e. The van der Waals surface area contributed by atoms with Gasteiger partial charge in [-0.2, -0.15) is 0 Å². The van der Waals surface area contributed by atoms with Gasteiger partial charge in [-0.05, 0) is 37.1 Å². The molecule has 1 heterocycles. The number of carbonyl (C=O) groups excluding carboxylic acids is 2. The fourth-order valence-corrected chi connectivity index (χ4v) is 3.02. The minimum atomic E-state index is -0.187.